The summed E-state index contributed by atoms with van der Waals surface area (Å²) in [5.41, 5.74) is 6.14. The Morgan fingerprint density at radius 3 is 2.68 bits per heavy atom. The molecule has 0 aromatic carbocycles. The van der Waals surface area contributed by atoms with Crippen LogP contribution in [0.1, 0.15) is 41.2 Å². The van der Waals surface area contributed by atoms with Crippen molar-refractivity contribution in [2.24, 2.45) is 17.6 Å². The summed E-state index contributed by atoms with van der Waals surface area (Å²) >= 11 is 1.48. The van der Waals surface area contributed by atoms with Gasteiger partial charge in [0.25, 0.3) is 5.91 Å². The smallest absolute Gasteiger partial charge is 0.273 e. The van der Waals surface area contributed by atoms with Gasteiger partial charge in [-0.1, -0.05) is 6.42 Å². The van der Waals surface area contributed by atoms with Crippen molar-refractivity contribution in [3.8, 4) is 0 Å². The van der Waals surface area contributed by atoms with Gasteiger partial charge in [-0.05, 0) is 31.1 Å². The highest BCUT2D eigenvalue weighted by molar-refractivity contribution is 7.09. The molecule has 1 amide bonds. The second-order valence-corrected chi connectivity index (χ2v) is 7.84. The van der Waals surface area contributed by atoms with Gasteiger partial charge in [0.05, 0.1) is 0 Å². The van der Waals surface area contributed by atoms with Gasteiger partial charge in [0.15, 0.2) is 0 Å². The maximum absolute atomic E-state index is 12.5. The first-order valence-corrected chi connectivity index (χ1v) is 9.30. The summed E-state index contributed by atoms with van der Waals surface area (Å²) in [7, 11) is 0. The number of nitrogens with zero attached hydrogens (tertiary/aromatic N) is 3. The molecular weight excluding hydrogens is 296 g/mol. The van der Waals surface area contributed by atoms with Crippen LogP contribution in [-0.2, 0) is 6.54 Å². The highest BCUT2D eigenvalue weighted by atomic mass is 32.1. The van der Waals surface area contributed by atoms with Crippen molar-refractivity contribution in [1.82, 2.24) is 14.8 Å². The fourth-order valence-electron chi connectivity index (χ4n) is 4.58. The van der Waals surface area contributed by atoms with E-state index < -0.39 is 0 Å². The van der Waals surface area contributed by atoms with Gasteiger partial charge in [-0.25, -0.2) is 4.98 Å². The molecule has 1 aliphatic heterocycles. The summed E-state index contributed by atoms with van der Waals surface area (Å²) in [5, 5.41) is 2.68. The Hall–Kier alpha value is -0.980. The van der Waals surface area contributed by atoms with Crippen LogP contribution in [0, 0.1) is 11.8 Å². The first kappa shape index (κ1) is 14.6. The van der Waals surface area contributed by atoms with Crippen LogP contribution in [0.4, 0.5) is 0 Å². The molecule has 120 valence electrons. The SMILES string of the molecule is NCc1nc(C(=O)N2CCN(C3CC4CCC3C4)CC2)cs1. The lowest BCUT2D eigenvalue weighted by Crippen LogP contribution is -2.53. The third-order valence-corrected chi connectivity index (χ3v) is 6.59. The van der Waals surface area contributed by atoms with E-state index in [0.717, 1.165) is 49.1 Å². The fraction of sp³-hybridized carbons (Fsp3) is 0.750. The van der Waals surface area contributed by atoms with Gasteiger partial charge in [0, 0.05) is 44.1 Å². The van der Waals surface area contributed by atoms with E-state index in [-0.39, 0.29) is 5.91 Å². The number of hydrogen-bond donors (Lipinski definition) is 1. The second kappa shape index (κ2) is 5.91. The van der Waals surface area contributed by atoms with Crippen molar-refractivity contribution < 1.29 is 4.79 Å². The molecule has 6 heteroatoms. The monoisotopic (exact) mass is 320 g/mol. The first-order chi connectivity index (χ1) is 10.7. The van der Waals surface area contributed by atoms with Crippen LogP contribution >= 0.6 is 11.3 Å². The molecule has 1 saturated heterocycles. The van der Waals surface area contributed by atoms with E-state index in [0.29, 0.717) is 12.2 Å². The number of fused-ring (bicyclic) bond motifs is 2. The summed E-state index contributed by atoms with van der Waals surface area (Å²) < 4.78 is 0. The van der Waals surface area contributed by atoms with Crippen LogP contribution in [0.2, 0.25) is 0 Å². The zero-order chi connectivity index (χ0) is 15.1. The lowest BCUT2D eigenvalue weighted by molar-refractivity contribution is 0.0491. The van der Waals surface area contributed by atoms with Gasteiger partial charge in [0.2, 0.25) is 0 Å². The average molecular weight is 320 g/mol. The highest BCUT2D eigenvalue weighted by Gasteiger charge is 2.43. The lowest BCUT2D eigenvalue weighted by atomic mass is 9.93. The number of aromatic nitrogens is 1. The van der Waals surface area contributed by atoms with Gasteiger partial charge in [-0.2, -0.15) is 0 Å². The van der Waals surface area contributed by atoms with Crippen LogP contribution in [-0.4, -0.2) is 52.9 Å². The second-order valence-electron chi connectivity index (χ2n) is 6.90. The number of hydrogen-bond acceptors (Lipinski definition) is 5. The van der Waals surface area contributed by atoms with E-state index in [9.17, 15) is 4.79 Å². The number of piperazine rings is 1. The first-order valence-electron chi connectivity index (χ1n) is 8.42. The summed E-state index contributed by atoms with van der Waals surface area (Å²) in [5.74, 6) is 1.99. The fourth-order valence-corrected chi connectivity index (χ4v) is 5.23. The van der Waals surface area contributed by atoms with Gasteiger partial charge in [-0.15, -0.1) is 11.3 Å². The van der Waals surface area contributed by atoms with Crippen molar-refractivity contribution in [3.63, 3.8) is 0 Å². The van der Waals surface area contributed by atoms with Gasteiger partial charge in [-0.3, -0.25) is 9.69 Å². The Kier molecular flexibility index (Phi) is 3.92. The molecule has 3 aliphatic rings. The molecule has 22 heavy (non-hydrogen) atoms. The number of nitrogens with two attached hydrogens (primary N) is 1. The van der Waals surface area contributed by atoms with Crippen molar-refractivity contribution in [2.75, 3.05) is 26.2 Å². The zero-order valence-corrected chi connectivity index (χ0v) is 13.7. The van der Waals surface area contributed by atoms with Crippen molar-refractivity contribution in [2.45, 2.75) is 38.3 Å². The summed E-state index contributed by atoms with van der Waals surface area (Å²) in [6, 6.07) is 0.791. The topological polar surface area (TPSA) is 62.5 Å². The molecule has 3 fully saturated rings. The number of carbonyl (C=O) groups is 1. The van der Waals surface area contributed by atoms with E-state index in [4.69, 9.17) is 5.73 Å². The maximum atomic E-state index is 12.5. The highest BCUT2D eigenvalue weighted by Crippen LogP contribution is 2.46. The molecule has 0 radical (unpaired) electrons. The van der Waals surface area contributed by atoms with Crippen LogP contribution < -0.4 is 5.73 Å². The predicted octanol–water partition coefficient (Wildman–Crippen LogP) is 1.55. The van der Waals surface area contributed by atoms with E-state index in [1.807, 2.05) is 10.3 Å². The van der Waals surface area contributed by atoms with Gasteiger partial charge >= 0.3 is 0 Å². The molecular formula is C16H24N4OS. The molecule has 2 bridgehead atoms. The molecule has 5 nitrogen and oxygen atoms in total. The normalized spacial score (nSPS) is 31.9. The average Bonchev–Trinajstić information content (AvgIpc) is 3.30. The summed E-state index contributed by atoms with van der Waals surface area (Å²) in [6.45, 7) is 4.13. The van der Waals surface area contributed by atoms with Crippen LogP contribution in [0.5, 0.6) is 0 Å². The molecule has 2 saturated carbocycles. The van der Waals surface area contributed by atoms with Crippen molar-refractivity contribution in [1.29, 1.82) is 0 Å². The summed E-state index contributed by atoms with van der Waals surface area (Å²) in [4.78, 5) is 21.4. The van der Waals surface area contributed by atoms with E-state index in [2.05, 4.69) is 9.88 Å². The van der Waals surface area contributed by atoms with Crippen molar-refractivity contribution in [3.05, 3.63) is 16.1 Å². The molecule has 0 spiro atoms. The third-order valence-electron chi connectivity index (χ3n) is 5.72. The Morgan fingerprint density at radius 2 is 2.09 bits per heavy atom. The van der Waals surface area contributed by atoms with Crippen molar-refractivity contribution >= 4 is 17.2 Å². The zero-order valence-electron chi connectivity index (χ0n) is 12.9. The molecule has 4 rings (SSSR count). The molecule has 1 aromatic heterocycles. The van der Waals surface area contributed by atoms with Crippen LogP contribution in [0.15, 0.2) is 5.38 Å². The minimum absolute atomic E-state index is 0.0727. The summed E-state index contributed by atoms with van der Waals surface area (Å²) in [6.07, 6.45) is 5.72. The molecule has 2 aliphatic carbocycles. The Bertz CT molecular complexity index is 552. The molecule has 2 heterocycles. The molecule has 3 atom stereocenters. The number of amides is 1. The van der Waals surface area contributed by atoms with Gasteiger partial charge in [0.1, 0.15) is 10.7 Å². The number of thiazole rings is 1. The minimum atomic E-state index is 0.0727. The quantitative estimate of drug-likeness (QED) is 0.918. The number of rotatable bonds is 3. The molecule has 2 N–H and O–H groups in total. The largest absolute Gasteiger partial charge is 0.335 e. The van der Waals surface area contributed by atoms with E-state index in [1.54, 1.807) is 0 Å². The maximum Gasteiger partial charge on any atom is 0.273 e. The van der Waals surface area contributed by atoms with Crippen LogP contribution in [0.25, 0.3) is 0 Å². The van der Waals surface area contributed by atoms with E-state index in [1.165, 1.54) is 37.0 Å². The van der Waals surface area contributed by atoms with Crippen LogP contribution in [0.3, 0.4) is 0 Å². The standard InChI is InChI=1S/C16H24N4OS/c17-9-15-18-13(10-22-15)16(21)20-5-3-19(4-6-20)14-8-11-1-2-12(14)7-11/h10-12,14H,1-9,17H2. The van der Waals surface area contributed by atoms with Gasteiger partial charge < -0.3 is 10.6 Å². The predicted molar refractivity (Wildman–Crippen MR) is 86.7 cm³/mol. The van der Waals surface area contributed by atoms with E-state index >= 15 is 0 Å². The Balaban J connectivity index is 1.34. The molecule has 1 aromatic rings. The Morgan fingerprint density at radius 1 is 1.27 bits per heavy atom. The minimum Gasteiger partial charge on any atom is -0.335 e. The number of carbonyl (C=O) groups excluding carboxylic acids is 1. The lowest BCUT2D eigenvalue weighted by Gasteiger charge is -2.40. The third kappa shape index (κ3) is 2.57. The molecule has 3 unspecified atom stereocenters. The Labute approximate surface area is 135 Å².